The molecule has 2 aliphatic heterocycles. The highest BCUT2D eigenvalue weighted by Gasteiger charge is 2.34. The van der Waals surface area contributed by atoms with Gasteiger partial charge in [-0.3, -0.25) is 4.90 Å². The zero-order valence-electron chi connectivity index (χ0n) is 9.94. The first kappa shape index (κ1) is 10.3. The van der Waals surface area contributed by atoms with Crippen LogP contribution in [0, 0.1) is 0 Å². The van der Waals surface area contributed by atoms with Gasteiger partial charge in [0, 0.05) is 12.1 Å². The van der Waals surface area contributed by atoms with Crippen LogP contribution < -0.4 is 0 Å². The van der Waals surface area contributed by atoms with Gasteiger partial charge in [0.1, 0.15) is 0 Å². The maximum Gasteiger partial charge on any atom is 0.0139 e. The van der Waals surface area contributed by atoms with E-state index in [4.69, 9.17) is 0 Å². The first-order chi connectivity index (χ1) is 7.93. The molecule has 2 fully saturated rings. The molecule has 0 radical (unpaired) electrons. The minimum absolute atomic E-state index is 0.827. The van der Waals surface area contributed by atoms with Crippen molar-refractivity contribution in [3.63, 3.8) is 0 Å². The molecule has 2 atom stereocenters. The molecule has 0 N–H and O–H groups in total. The molecule has 0 aliphatic carbocycles. The normalized spacial score (nSPS) is 30.2. The summed E-state index contributed by atoms with van der Waals surface area (Å²) in [7, 11) is 0. The number of rotatable bonds is 2. The number of hydrogen-bond acceptors (Lipinski definition) is 1. The van der Waals surface area contributed by atoms with Crippen LogP contribution in [0.5, 0.6) is 0 Å². The van der Waals surface area contributed by atoms with E-state index in [0.717, 1.165) is 12.1 Å². The Hall–Kier alpha value is -0.820. The van der Waals surface area contributed by atoms with E-state index in [9.17, 15) is 0 Å². The zero-order chi connectivity index (χ0) is 10.8. The summed E-state index contributed by atoms with van der Waals surface area (Å²) in [5.41, 5.74) is 1.51. The van der Waals surface area contributed by atoms with Gasteiger partial charge >= 0.3 is 0 Å². The average molecular weight is 215 g/mol. The Morgan fingerprint density at radius 1 is 1.00 bits per heavy atom. The Morgan fingerprint density at radius 2 is 1.88 bits per heavy atom. The maximum absolute atomic E-state index is 2.79. The quantitative estimate of drug-likeness (QED) is 0.732. The largest absolute Gasteiger partial charge is 0.297 e. The van der Waals surface area contributed by atoms with Crippen molar-refractivity contribution in [2.75, 3.05) is 6.54 Å². The Balaban J connectivity index is 1.67. The van der Waals surface area contributed by atoms with Crippen molar-refractivity contribution < 1.29 is 0 Å². The SMILES string of the molecule is c1ccc(C[C@H]2CC[C@H]3CCCCN32)cc1. The first-order valence-electron chi connectivity index (χ1n) is 6.73. The molecule has 86 valence electrons. The van der Waals surface area contributed by atoms with Crippen LogP contribution in [-0.2, 0) is 6.42 Å². The molecule has 16 heavy (non-hydrogen) atoms. The van der Waals surface area contributed by atoms with E-state index in [0.29, 0.717) is 0 Å². The molecule has 1 aromatic carbocycles. The van der Waals surface area contributed by atoms with Crippen LogP contribution in [-0.4, -0.2) is 23.5 Å². The third-order valence-corrected chi connectivity index (χ3v) is 4.29. The molecule has 0 unspecified atom stereocenters. The Morgan fingerprint density at radius 3 is 2.75 bits per heavy atom. The van der Waals surface area contributed by atoms with Gasteiger partial charge in [-0.05, 0) is 44.2 Å². The molecule has 1 aromatic rings. The van der Waals surface area contributed by atoms with E-state index >= 15 is 0 Å². The van der Waals surface area contributed by atoms with Crippen LogP contribution in [0.25, 0.3) is 0 Å². The van der Waals surface area contributed by atoms with E-state index in [1.165, 1.54) is 50.6 Å². The Labute approximate surface area is 98.5 Å². The van der Waals surface area contributed by atoms with Gasteiger partial charge in [-0.25, -0.2) is 0 Å². The van der Waals surface area contributed by atoms with Gasteiger partial charge in [-0.2, -0.15) is 0 Å². The number of nitrogens with zero attached hydrogens (tertiary/aromatic N) is 1. The molecule has 0 spiro atoms. The van der Waals surface area contributed by atoms with Crippen LogP contribution in [0.15, 0.2) is 30.3 Å². The number of fused-ring (bicyclic) bond motifs is 1. The van der Waals surface area contributed by atoms with Gasteiger partial charge in [-0.1, -0.05) is 36.8 Å². The topological polar surface area (TPSA) is 3.24 Å². The lowest BCUT2D eigenvalue weighted by Crippen LogP contribution is -2.40. The fourth-order valence-electron chi connectivity index (χ4n) is 3.47. The second kappa shape index (κ2) is 4.58. The number of piperidine rings is 1. The maximum atomic E-state index is 2.79. The molecule has 2 saturated heterocycles. The Bertz CT molecular complexity index is 333. The highest BCUT2D eigenvalue weighted by Crippen LogP contribution is 2.32. The minimum atomic E-state index is 0.827. The summed E-state index contributed by atoms with van der Waals surface area (Å²) < 4.78 is 0. The number of benzene rings is 1. The minimum Gasteiger partial charge on any atom is -0.297 e. The third kappa shape index (κ3) is 2.01. The van der Waals surface area contributed by atoms with Gasteiger partial charge in [-0.15, -0.1) is 0 Å². The summed E-state index contributed by atoms with van der Waals surface area (Å²) >= 11 is 0. The molecule has 0 amide bonds. The summed E-state index contributed by atoms with van der Waals surface area (Å²) in [6.45, 7) is 1.35. The smallest absolute Gasteiger partial charge is 0.0139 e. The molecule has 2 heterocycles. The van der Waals surface area contributed by atoms with Gasteiger partial charge in [0.25, 0.3) is 0 Å². The summed E-state index contributed by atoms with van der Waals surface area (Å²) in [5.74, 6) is 0. The first-order valence-corrected chi connectivity index (χ1v) is 6.73. The van der Waals surface area contributed by atoms with E-state index in [2.05, 4.69) is 35.2 Å². The standard InChI is InChI=1S/C15H21N/c1-2-6-13(7-3-1)12-15-10-9-14-8-4-5-11-16(14)15/h1-3,6-7,14-15H,4-5,8-12H2/t14-,15-/m1/s1. The van der Waals surface area contributed by atoms with Gasteiger partial charge in [0.05, 0.1) is 0 Å². The molecule has 1 heteroatoms. The van der Waals surface area contributed by atoms with Crippen molar-refractivity contribution in [2.24, 2.45) is 0 Å². The molecule has 0 aromatic heterocycles. The lowest BCUT2D eigenvalue weighted by Gasteiger charge is -2.34. The summed E-state index contributed by atoms with van der Waals surface area (Å²) in [6.07, 6.45) is 8.45. The number of hydrogen-bond donors (Lipinski definition) is 0. The van der Waals surface area contributed by atoms with Crippen molar-refractivity contribution >= 4 is 0 Å². The molecular weight excluding hydrogens is 194 g/mol. The van der Waals surface area contributed by atoms with E-state index in [-0.39, 0.29) is 0 Å². The molecule has 1 nitrogen and oxygen atoms in total. The zero-order valence-corrected chi connectivity index (χ0v) is 9.94. The Kier molecular flexibility index (Phi) is 2.96. The third-order valence-electron chi connectivity index (χ3n) is 4.29. The van der Waals surface area contributed by atoms with Gasteiger partial charge < -0.3 is 0 Å². The highest BCUT2D eigenvalue weighted by atomic mass is 15.2. The molecule has 2 aliphatic rings. The van der Waals surface area contributed by atoms with E-state index in [1.807, 2.05) is 0 Å². The van der Waals surface area contributed by atoms with E-state index in [1.54, 1.807) is 0 Å². The monoisotopic (exact) mass is 215 g/mol. The fourth-order valence-corrected chi connectivity index (χ4v) is 3.47. The molecule has 3 rings (SSSR count). The van der Waals surface area contributed by atoms with Crippen LogP contribution in [0.2, 0.25) is 0 Å². The van der Waals surface area contributed by atoms with Crippen molar-refractivity contribution in [2.45, 2.75) is 50.6 Å². The van der Waals surface area contributed by atoms with Gasteiger partial charge in [0.2, 0.25) is 0 Å². The predicted molar refractivity (Wildman–Crippen MR) is 67.5 cm³/mol. The highest BCUT2D eigenvalue weighted by molar-refractivity contribution is 5.16. The van der Waals surface area contributed by atoms with Crippen molar-refractivity contribution in [3.8, 4) is 0 Å². The predicted octanol–water partition coefficient (Wildman–Crippen LogP) is 3.25. The molecule has 0 saturated carbocycles. The van der Waals surface area contributed by atoms with E-state index < -0.39 is 0 Å². The second-order valence-corrected chi connectivity index (χ2v) is 5.31. The second-order valence-electron chi connectivity index (χ2n) is 5.31. The van der Waals surface area contributed by atoms with Crippen LogP contribution >= 0.6 is 0 Å². The lowest BCUT2D eigenvalue weighted by atomic mass is 10.0. The summed E-state index contributed by atoms with van der Waals surface area (Å²) in [6, 6.07) is 12.7. The fraction of sp³-hybridized carbons (Fsp3) is 0.600. The summed E-state index contributed by atoms with van der Waals surface area (Å²) in [4.78, 5) is 2.79. The lowest BCUT2D eigenvalue weighted by molar-refractivity contribution is 0.149. The van der Waals surface area contributed by atoms with Crippen LogP contribution in [0.4, 0.5) is 0 Å². The summed E-state index contributed by atoms with van der Waals surface area (Å²) in [5, 5.41) is 0. The van der Waals surface area contributed by atoms with Gasteiger partial charge in [0.15, 0.2) is 0 Å². The van der Waals surface area contributed by atoms with Crippen LogP contribution in [0.3, 0.4) is 0 Å². The van der Waals surface area contributed by atoms with Crippen molar-refractivity contribution in [1.29, 1.82) is 0 Å². The molecular formula is C15H21N. The van der Waals surface area contributed by atoms with Crippen molar-refractivity contribution in [1.82, 2.24) is 4.90 Å². The van der Waals surface area contributed by atoms with Crippen LogP contribution in [0.1, 0.15) is 37.7 Å². The van der Waals surface area contributed by atoms with Crippen molar-refractivity contribution in [3.05, 3.63) is 35.9 Å². The molecule has 0 bridgehead atoms. The average Bonchev–Trinajstić information content (AvgIpc) is 2.74.